The second-order valence-electron chi connectivity index (χ2n) is 8.60. The molecule has 2 unspecified atom stereocenters. The SMILES string of the molecule is CCCCOC(COCCc1c(C(=O)O)ccc(C(=O)O)c1CCOCC(OCC)OCCCC)OCC. The molecule has 0 aliphatic heterocycles. The number of hydrogen-bond donors (Lipinski definition) is 2. The summed E-state index contributed by atoms with van der Waals surface area (Å²) in [5.74, 6) is -2.26. The molecule has 0 amide bonds. The minimum atomic E-state index is -1.13. The van der Waals surface area contributed by atoms with Crippen molar-refractivity contribution in [3.05, 3.63) is 34.4 Å². The maximum absolute atomic E-state index is 12.0. The Labute approximate surface area is 226 Å². The molecule has 38 heavy (non-hydrogen) atoms. The van der Waals surface area contributed by atoms with Crippen LogP contribution in [0.25, 0.3) is 0 Å². The van der Waals surface area contributed by atoms with Crippen molar-refractivity contribution in [2.24, 2.45) is 0 Å². The number of carbonyl (C=O) groups is 2. The van der Waals surface area contributed by atoms with E-state index < -0.39 is 24.5 Å². The maximum Gasteiger partial charge on any atom is 0.335 e. The number of ether oxygens (including phenoxy) is 6. The molecule has 1 aromatic carbocycles. The van der Waals surface area contributed by atoms with Crippen molar-refractivity contribution in [2.45, 2.75) is 78.8 Å². The highest BCUT2D eigenvalue weighted by atomic mass is 16.7. The lowest BCUT2D eigenvalue weighted by Gasteiger charge is -2.20. The quantitative estimate of drug-likeness (QED) is 0.142. The second kappa shape index (κ2) is 20.8. The summed E-state index contributed by atoms with van der Waals surface area (Å²) in [5.41, 5.74) is 0.927. The Morgan fingerprint density at radius 2 is 1.05 bits per heavy atom. The van der Waals surface area contributed by atoms with Crippen LogP contribution in [0.15, 0.2) is 12.1 Å². The zero-order valence-electron chi connectivity index (χ0n) is 23.4. The summed E-state index contributed by atoms with van der Waals surface area (Å²) in [6, 6.07) is 2.66. The van der Waals surface area contributed by atoms with E-state index in [2.05, 4.69) is 13.8 Å². The predicted octanol–water partition coefficient (Wildman–Crippen LogP) is 4.56. The van der Waals surface area contributed by atoms with Crippen LogP contribution in [0.2, 0.25) is 0 Å². The predicted molar refractivity (Wildman–Crippen MR) is 142 cm³/mol. The number of aromatic carboxylic acids is 2. The molecule has 2 atom stereocenters. The molecule has 218 valence electrons. The first-order valence-corrected chi connectivity index (χ1v) is 13.6. The number of carboxylic acid groups (broad SMARTS) is 2. The van der Waals surface area contributed by atoms with Crippen LogP contribution < -0.4 is 0 Å². The summed E-state index contributed by atoms with van der Waals surface area (Å²) in [6.45, 7) is 10.7. The van der Waals surface area contributed by atoms with Crippen molar-refractivity contribution in [3.63, 3.8) is 0 Å². The lowest BCUT2D eigenvalue weighted by molar-refractivity contribution is -0.170. The summed E-state index contributed by atoms with van der Waals surface area (Å²) >= 11 is 0. The summed E-state index contributed by atoms with van der Waals surface area (Å²) in [4.78, 5) is 23.9. The molecular weight excluding hydrogens is 496 g/mol. The molecule has 10 heteroatoms. The zero-order chi connectivity index (χ0) is 28.2. The molecule has 0 saturated carbocycles. The lowest BCUT2D eigenvalue weighted by atomic mass is 9.92. The van der Waals surface area contributed by atoms with Crippen LogP contribution >= 0.6 is 0 Å². The number of benzene rings is 1. The van der Waals surface area contributed by atoms with E-state index >= 15 is 0 Å². The average Bonchev–Trinajstić information content (AvgIpc) is 2.89. The van der Waals surface area contributed by atoms with E-state index in [-0.39, 0.29) is 50.4 Å². The van der Waals surface area contributed by atoms with Crippen LogP contribution in [0, 0.1) is 0 Å². The van der Waals surface area contributed by atoms with E-state index in [0.717, 1.165) is 25.7 Å². The van der Waals surface area contributed by atoms with Gasteiger partial charge in [0, 0.05) is 26.4 Å². The van der Waals surface area contributed by atoms with Crippen LogP contribution in [-0.4, -0.2) is 87.6 Å². The van der Waals surface area contributed by atoms with E-state index in [1.165, 1.54) is 12.1 Å². The number of hydrogen-bond acceptors (Lipinski definition) is 8. The second-order valence-corrected chi connectivity index (χ2v) is 8.60. The molecule has 0 aliphatic carbocycles. The van der Waals surface area contributed by atoms with Crippen LogP contribution in [0.3, 0.4) is 0 Å². The van der Waals surface area contributed by atoms with Gasteiger partial charge < -0.3 is 38.6 Å². The first kappa shape index (κ1) is 33.9. The van der Waals surface area contributed by atoms with Crippen molar-refractivity contribution in [2.75, 3.05) is 52.9 Å². The molecule has 0 saturated heterocycles. The van der Waals surface area contributed by atoms with Crippen molar-refractivity contribution in [3.8, 4) is 0 Å². The van der Waals surface area contributed by atoms with Crippen LogP contribution in [-0.2, 0) is 41.3 Å². The van der Waals surface area contributed by atoms with Gasteiger partial charge in [0.15, 0.2) is 12.6 Å². The third-order valence-corrected chi connectivity index (χ3v) is 5.70. The number of unbranched alkanes of at least 4 members (excludes halogenated alkanes) is 2. The van der Waals surface area contributed by atoms with Crippen molar-refractivity contribution in [1.82, 2.24) is 0 Å². The Morgan fingerprint density at radius 3 is 1.37 bits per heavy atom. The van der Waals surface area contributed by atoms with Gasteiger partial charge in [0.05, 0.1) is 37.6 Å². The average molecular weight is 543 g/mol. The Hall–Kier alpha value is -2.08. The summed E-state index contributed by atoms with van der Waals surface area (Å²) in [6.07, 6.45) is 3.23. The fourth-order valence-electron chi connectivity index (χ4n) is 3.75. The summed E-state index contributed by atoms with van der Waals surface area (Å²) in [7, 11) is 0. The van der Waals surface area contributed by atoms with E-state index in [9.17, 15) is 19.8 Å². The number of rotatable bonds is 24. The Kier molecular flexibility index (Phi) is 18.6. The van der Waals surface area contributed by atoms with Gasteiger partial charge in [-0.3, -0.25) is 0 Å². The van der Waals surface area contributed by atoms with E-state index in [4.69, 9.17) is 28.4 Å². The third kappa shape index (κ3) is 13.1. The van der Waals surface area contributed by atoms with Crippen molar-refractivity contribution < 1.29 is 48.2 Å². The normalized spacial score (nSPS) is 12.9. The molecule has 10 nitrogen and oxygen atoms in total. The molecular formula is C28H46O10. The van der Waals surface area contributed by atoms with Gasteiger partial charge >= 0.3 is 11.9 Å². The molecule has 0 heterocycles. The first-order chi connectivity index (χ1) is 18.4. The standard InChI is InChI=1S/C28H46O10/c1-5-9-15-37-25(35-7-3)19-33-17-13-21-22(24(28(31)32)12-11-23(21)27(29)30)14-18-34-20-26(36-8-4)38-16-10-6-2/h11-12,25-26H,5-10,13-20H2,1-4H3,(H,29,30)(H,31,32). The molecule has 0 radical (unpaired) electrons. The lowest BCUT2D eigenvalue weighted by Crippen LogP contribution is -2.25. The van der Waals surface area contributed by atoms with Crippen molar-refractivity contribution in [1.29, 1.82) is 0 Å². The maximum atomic E-state index is 12.0. The summed E-state index contributed by atoms with van der Waals surface area (Å²) < 4.78 is 34.0. The highest BCUT2D eigenvalue weighted by molar-refractivity contribution is 5.95. The molecule has 0 fully saturated rings. The third-order valence-electron chi connectivity index (χ3n) is 5.70. The van der Waals surface area contributed by atoms with Gasteiger partial charge in [0.2, 0.25) is 0 Å². The molecule has 0 aliphatic rings. The topological polar surface area (TPSA) is 130 Å². The highest BCUT2D eigenvalue weighted by Crippen LogP contribution is 2.22. The molecule has 2 N–H and O–H groups in total. The van der Waals surface area contributed by atoms with E-state index in [0.29, 0.717) is 37.6 Å². The number of carboxylic acids is 2. The Morgan fingerprint density at radius 1 is 0.658 bits per heavy atom. The van der Waals surface area contributed by atoms with Gasteiger partial charge in [-0.1, -0.05) is 26.7 Å². The molecule has 0 spiro atoms. The van der Waals surface area contributed by atoms with E-state index in [1.807, 2.05) is 13.8 Å². The van der Waals surface area contributed by atoms with Gasteiger partial charge in [0.25, 0.3) is 0 Å². The van der Waals surface area contributed by atoms with Crippen LogP contribution in [0.4, 0.5) is 0 Å². The van der Waals surface area contributed by atoms with Crippen LogP contribution in [0.1, 0.15) is 85.2 Å². The fourth-order valence-corrected chi connectivity index (χ4v) is 3.75. The Balaban J connectivity index is 2.89. The molecule has 1 rings (SSSR count). The monoisotopic (exact) mass is 542 g/mol. The van der Waals surface area contributed by atoms with Crippen LogP contribution in [0.5, 0.6) is 0 Å². The smallest absolute Gasteiger partial charge is 0.335 e. The first-order valence-electron chi connectivity index (χ1n) is 13.6. The zero-order valence-corrected chi connectivity index (χ0v) is 23.4. The fraction of sp³-hybridized carbons (Fsp3) is 0.714. The molecule has 1 aromatic rings. The van der Waals surface area contributed by atoms with Gasteiger partial charge in [0.1, 0.15) is 0 Å². The van der Waals surface area contributed by atoms with Gasteiger partial charge in [-0.05, 0) is 62.8 Å². The van der Waals surface area contributed by atoms with Gasteiger partial charge in [-0.2, -0.15) is 0 Å². The van der Waals surface area contributed by atoms with E-state index in [1.54, 1.807) is 0 Å². The minimum absolute atomic E-state index is 0.0456. The minimum Gasteiger partial charge on any atom is -0.478 e. The van der Waals surface area contributed by atoms with Gasteiger partial charge in [-0.15, -0.1) is 0 Å². The summed E-state index contributed by atoms with van der Waals surface area (Å²) in [5, 5.41) is 19.5. The largest absolute Gasteiger partial charge is 0.478 e. The van der Waals surface area contributed by atoms with Crippen molar-refractivity contribution >= 4 is 11.9 Å². The highest BCUT2D eigenvalue weighted by Gasteiger charge is 2.21. The Bertz CT molecular complexity index is 733. The molecule has 0 bridgehead atoms. The van der Waals surface area contributed by atoms with Gasteiger partial charge in [-0.25, -0.2) is 9.59 Å². The molecule has 0 aromatic heterocycles.